The fourth-order valence-electron chi connectivity index (χ4n) is 2.82. The minimum atomic E-state index is -0.286. The lowest BCUT2D eigenvalue weighted by molar-refractivity contribution is 0.102. The van der Waals surface area contributed by atoms with E-state index >= 15 is 0 Å². The normalized spacial score (nSPS) is 10.6. The Labute approximate surface area is 171 Å². The highest BCUT2D eigenvalue weighted by Gasteiger charge is 2.20. The molecule has 4 aromatic rings. The standard InChI is InChI=1S/C21H16ClN3O2S/c1-27-18-10-9-14(22)12-17(18)23-21(26)16-13-25(15-6-3-2-4-7-15)24-20(16)19-8-5-11-28-19/h2-13H,1H3,(H,23,26). The van der Waals surface area contributed by atoms with Crippen molar-refractivity contribution in [3.8, 4) is 22.0 Å². The molecule has 2 heterocycles. The van der Waals surface area contributed by atoms with Crippen LogP contribution in [0.4, 0.5) is 5.69 Å². The Balaban J connectivity index is 1.75. The third kappa shape index (κ3) is 3.65. The number of benzene rings is 2. The SMILES string of the molecule is COc1ccc(Cl)cc1NC(=O)c1cn(-c2ccccc2)nc1-c1cccs1. The van der Waals surface area contributed by atoms with E-state index in [1.165, 1.54) is 11.3 Å². The third-order valence-corrected chi connectivity index (χ3v) is 5.26. The van der Waals surface area contributed by atoms with Crippen molar-refractivity contribution < 1.29 is 9.53 Å². The molecule has 5 nitrogen and oxygen atoms in total. The van der Waals surface area contributed by atoms with Crippen LogP contribution in [-0.4, -0.2) is 22.8 Å². The van der Waals surface area contributed by atoms with Crippen LogP contribution in [0.5, 0.6) is 5.75 Å². The van der Waals surface area contributed by atoms with E-state index in [2.05, 4.69) is 10.4 Å². The molecule has 0 aliphatic rings. The summed E-state index contributed by atoms with van der Waals surface area (Å²) < 4.78 is 7.03. The summed E-state index contributed by atoms with van der Waals surface area (Å²) in [6.07, 6.45) is 1.73. The summed E-state index contributed by atoms with van der Waals surface area (Å²) in [4.78, 5) is 14.0. The molecule has 0 atom stereocenters. The first-order chi connectivity index (χ1) is 13.7. The number of anilines is 1. The van der Waals surface area contributed by atoms with Gasteiger partial charge in [-0.3, -0.25) is 4.79 Å². The molecule has 0 bridgehead atoms. The number of nitrogens with zero attached hydrogens (tertiary/aromatic N) is 2. The number of para-hydroxylation sites is 1. The highest BCUT2D eigenvalue weighted by Crippen LogP contribution is 2.31. The van der Waals surface area contributed by atoms with E-state index in [4.69, 9.17) is 16.3 Å². The van der Waals surface area contributed by atoms with Crippen molar-refractivity contribution in [1.82, 2.24) is 9.78 Å². The number of thiophene rings is 1. The van der Waals surface area contributed by atoms with Gasteiger partial charge in [0, 0.05) is 11.2 Å². The molecule has 4 rings (SSSR count). The summed E-state index contributed by atoms with van der Waals surface area (Å²) in [6, 6.07) is 18.6. The Kier molecular flexibility index (Phi) is 5.14. The van der Waals surface area contributed by atoms with Crippen molar-refractivity contribution in [3.63, 3.8) is 0 Å². The van der Waals surface area contributed by atoms with Gasteiger partial charge in [-0.05, 0) is 41.8 Å². The van der Waals surface area contributed by atoms with Crippen LogP contribution < -0.4 is 10.1 Å². The molecule has 2 aromatic carbocycles. The van der Waals surface area contributed by atoms with E-state index in [1.54, 1.807) is 36.2 Å². The van der Waals surface area contributed by atoms with Gasteiger partial charge >= 0.3 is 0 Å². The molecule has 7 heteroatoms. The Morgan fingerprint density at radius 1 is 1.14 bits per heavy atom. The lowest BCUT2D eigenvalue weighted by Crippen LogP contribution is -2.13. The Morgan fingerprint density at radius 3 is 2.68 bits per heavy atom. The van der Waals surface area contributed by atoms with Gasteiger partial charge in [0.05, 0.1) is 28.9 Å². The summed E-state index contributed by atoms with van der Waals surface area (Å²) in [7, 11) is 1.55. The lowest BCUT2D eigenvalue weighted by atomic mass is 10.2. The Hall–Kier alpha value is -3.09. The maximum atomic E-state index is 13.1. The van der Waals surface area contributed by atoms with Crippen molar-refractivity contribution in [2.24, 2.45) is 0 Å². The van der Waals surface area contributed by atoms with Gasteiger partial charge in [-0.25, -0.2) is 4.68 Å². The predicted molar refractivity (Wildman–Crippen MR) is 113 cm³/mol. The third-order valence-electron chi connectivity index (χ3n) is 4.14. The second-order valence-corrected chi connectivity index (χ2v) is 7.33. The predicted octanol–water partition coefficient (Wildman–Crippen LogP) is 5.52. The quantitative estimate of drug-likeness (QED) is 0.472. The number of aromatic nitrogens is 2. The smallest absolute Gasteiger partial charge is 0.259 e. The Morgan fingerprint density at radius 2 is 1.96 bits per heavy atom. The fourth-order valence-corrected chi connectivity index (χ4v) is 3.71. The highest BCUT2D eigenvalue weighted by molar-refractivity contribution is 7.13. The number of ether oxygens (including phenoxy) is 1. The van der Waals surface area contributed by atoms with Crippen LogP contribution in [0.15, 0.2) is 72.2 Å². The van der Waals surface area contributed by atoms with Gasteiger partial charge in [0.1, 0.15) is 11.4 Å². The number of nitrogens with one attached hydrogen (secondary N) is 1. The van der Waals surface area contributed by atoms with Gasteiger partial charge in [0.15, 0.2) is 0 Å². The molecule has 1 N–H and O–H groups in total. The number of carbonyl (C=O) groups is 1. The van der Waals surface area contributed by atoms with E-state index in [1.807, 2.05) is 47.8 Å². The van der Waals surface area contributed by atoms with Gasteiger partial charge in [-0.15, -0.1) is 11.3 Å². The van der Waals surface area contributed by atoms with Crippen LogP contribution in [0.25, 0.3) is 16.3 Å². The highest BCUT2D eigenvalue weighted by atomic mass is 35.5. The van der Waals surface area contributed by atoms with Crippen LogP contribution in [0.2, 0.25) is 5.02 Å². The molecule has 28 heavy (non-hydrogen) atoms. The summed E-state index contributed by atoms with van der Waals surface area (Å²) in [5.74, 6) is 0.247. The summed E-state index contributed by atoms with van der Waals surface area (Å²) >= 11 is 7.61. The van der Waals surface area contributed by atoms with E-state index in [9.17, 15) is 4.79 Å². The van der Waals surface area contributed by atoms with Crippen LogP contribution in [0.3, 0.4) is 0 Å². The van der Waals surface area contributed by atoms with Crippen LogP contribution in [-0.2, 0) is 0 Å². The zero-order valence-electron chi connectivity index (χ0n) is 14.9. The van der Waals surface area contributed by atoms with Crippen molar-refractivity contribution in [2.75, 3.05) is 12.4 Å². The fraction of sp³-hybridized carbons (Fsp3) is 0.0476. The van der Waals surface area contributed by atoms with Gasteiger partial charge in [-0.1, -0.05) is 35.9 Å². The second kappa shape index (κ2) is 7.88. The summed E-state index contributed by atoms with van der Waals surface area (Å²) in [5, 5.41) is 10.0. The first-order valence-corrected chi connectivity index (χ1v) is 9.75. The molecule has 0 aliphatic heterocycles. The summed E-state index contributed by atoms with van der Waals surface area (Å²) in [6.45, 7) is 0. The summed E-state index contributed by atoms with van der Waals surface area (Å²) in [5.41, 5.74) is 2.47. The number of halogens is 1. The molecule has 140 valence electrons. The molecule has 0 saturated carbocycles. The molecule has 2 aromatic heterocycles. The van der Waals surface area contributed by atoms with Gasteiger partial charge in [0.2, 0.25) is 0 Å². The molecule has 1 amide bonds. The number of hydrogen-bond acceptors (Lipinski definition) is 4. The molecular weight excluding hydrogens is 394 g/mol. The van der Waals surface area contributed by atoms with E-state index < -0.39 is 0 Å². The molecule has 0 radical (unpaired) electrons. The van der Waals surface area contributed by atoms with Crippen molar-refractivity contribution in [3.05, 3.63) is 82.8 Å². The van der Waals surface area contributed by atoms with Gasteiger partial charge in [0.25, 0.3) is 5.91 Å². The maximum absolute atomic E-state index is 13.1. The van der Waals surface area contributed by atoms with Crippen LogP contribution in [0.1, 0.15) is 10.4 Å². The van der Waals surface area contributed by atoms with Gasteiger partial charge < -0.3 is 10.1 Å². The van der Waals surface area contributed by atoms with Crippen molar-refractivity contribution >= 4 is 34.5 Å². The first-order valence-electron chi connectivity index (χ1n) is 8.49. The monoisotopic (exact) mass is 409 g/mol. The average Bonchev–Trinajstić information content (AvgIpc) is 3.38. The molecule has 0 fully saturated rings. The molecular formula is C21H16ClN3O2S. The first kappa shape index (κ1) is 18.3. The Bertz CT molecular complexity index is 1110. The number of carbonyl (C=O) groups excluding carboxylic acids is 1. The lowest BCUT2D eigenvalue weighted by Gasteiger charge is -2.10. The van der Waals surface area contributed by atoms with Crippen molar-refractivity contribution in [1.29, 1.82) is 0 Å². The van der Waals surface area contributed by atoms with Crippen molar-refractivity contribution in [2.45, 2.75) is 0 Å². The zero-order chi connectivity index (χ0) is 19.5. The minimum Gasteiger partial charge on any atom is -0.495 e. The maximum Gasteiger partial charge on any atom is 0.259 e. The minimum absolute atomic E-state index is 0.286. The molecule has 0 spiro atoms. The van der Waals surface area contributed by atoms with Crippen LogP contribution >= 0.6 is 22.9 Å². The number of amides is 1. The van der Waals surface area contributed by atoms with Gasteiger partial charge in [-0.2, -0.15) is 5.10 Å². The van der Waals surface area contributed by atoms with Crippen LogP contribution in [0, 0.1) is 0 Å². The largest absolute Gasteiger partial charge is 0.495 e. The number of hydrogen-bond donors (Lipinski definition) is 1. The van der Waals surface area contributed by atoms with E-state index in [0.717, 1.165) is 10.6 Å². The topological polar surface area (TPSA) is 56.1 Å². The van der Waals surface area contributed by atoms with E-state index in [0.29, 0.717) is 27.7 Å². The molecule has 0 saturated heterocycles. The zero-order valence-corrected chi connectivity index (χ0v) is 16.5. The molecule has 0 aliphatic carbocycles. The number of rotatable bonds is 5. The molecule has 0 unspecified atom stereocenters. The van der Waals surface area contributed by atoms with E-state index in [-0.39, 0.29) is 5.91 Å². The second-order valence-electron chi connectivity index (χ2n) is 5.95. The number of methoxy groups -OCH3 is 1. The average molecular weight is 410 g/mol.